The van der Waals surface area contributed by atoms with Crippen molar-refractivity contribution >= 4 is 34.9 Å². The molecule has 8 nitrogen and oxygen atoms in total. The van der Waals surface area contributed by atoms with Crippen LogP contribution in [-0.4, -0.2) is 16.9 Å². The Hall–Kier alpha value is -3.13. The molecule has 3 amide bonds. The minimum atomic E-state index is -0.688. The van der Waals surface area contributed by atoms with Gasteiger partial charge in [-0.1, -0.05) is 23.7 Å². The predicted molar refractivity (Wildman–Crippen MR) is 88.9 cm³/mol. The van der Waals surface area contributed by atoms with Crippen molar-refractivity contribution in [1.82, 2.24) is 10.9 Å². The maximum absolute atomic E-state index is 11.9. The first kappa shape index (κ1) is 17.2. The molecule has 0 aliphatic carbocycles. The summed E-state index contributed by atoms with van der Waals surface area (Å²) in [4.78, 5) is 33.9. The number of nitrogens with one attached hydrogen (secondary N) is 3. The highest BCUT2D eigenvalue weighted by atomic mass is 35.5. The molecule has 0 spiro atoms. The van der Waals surface area contributed by atoms with Crippen LogP contribution in [0.25, 0.3) is 0 Å². The number of carbonyl (C=O) groups excluding carboxylic acids is 2. The van der Waals surface area contributed by atoms with Crippen molar-refractivity contribution in [2.45, 2.75) is 6.92 Å². The Kier molecular flexibility index (Phi) is 5.33. The van der Waals surface area contributed by atoms with E-state index in [4.69, 9.17) is 11.6 Å². The lowest BCUT2D eigenvalue weighted by Crippen LogP contribution is -2.43. The molecule has 0 saturated heterocycles. The summed E-state index contributed by atoms with van der Waals surface area (Å²) >= 11 is 5.79. The molecule has 0 bridgehead atoms. The van der Waals surface area contributed by atoms with Gasteiger partial charge in [-0.25, -0.2) is 10.2 Å². The Morgan fingerprint density at radius 1 is 1.12 bits per heavy atom. The summed E-state index contributed by atoms with van der Waals surface area (Å²) < 4.78 is 0. The largest absolute Gasteiger partial charge is 0.337 e. The number of benzene rings is 2. The van der Waals surface area contributed by atoms with Crippen LogP contribution in [-0.2, 0) is 0 Å². The average Bonchev–Trinajstić information content (AvgIpc) is 2.52. The number of aryl methyl sites for hydroxylation is 1. The van der Waals surface area contributed by atoms with E-state index in [1.165, 1.54) is 18.2 Å². The molecule has 0 aliphatic rings. The maximum Gasteiger partial charge on any atom is 0.337 e. The molecule has 0 saturated carbocycles. The Morgan fingerprint density at radius 2 is 1.88 bits per heavy atom. The van der Waals surface area contributed by atoms with Gasteiger partial charge in [0.05, 0.1) is 4.92 Å². The van der Waals surface area contributed by atoms with Crippen molar-refractivity contribution < 1.29 is 14.5 Å². The van der Waals surface area contributed by atoms with Crippen LogP contribution in [0.15, 0.2) is 42.5 Å². The average molecular weight is 349 g/mol. The molecule has 9 heteroatoms. The number of carbonyl (C=O) groups is 2. The molecule has 0 aromatic heterocycles. The molecule has 0 atom stereocenters. The molecule has 0 fully saturated rings. The van der Waals surface area contributed by atoms with Gasteiger partial charge >= 0.3 is 6.03 Å². The van der Waals surface area contributed by atoms with Gasteiger partial charge in [-0.2, -0.15) is 0 Å². The highest BCUT2D eigenvalue weighted by Crippen LogP contribution is 2.19. The second-order valence-corrected chi connectivity index (χ2v) is 5.24. The number of amides is 3. The van der Waals surface area contributed by atoms with Crippen LogP contribution in [0, 0.1) is 17.0 Å². The molecule has 0 radical (unpaired) electrons. The van der Waals surface area contributed by atoms with Crippen molar-refractivity contribution in [1.29, 1.82) is 0 Å². The molecule has 0 aliphatic heterocycles. The molecule has 2 aromatic carbocycles. The van der Waals surface area contributed by atoms with Crippen LogP contribution >= 0.6 is 11.6 Å². The number of urea groups is 1. The van der Waals surface area contributed by atoms with Crippen LogP contribution in [0.4, 0.5) is 16.2 Å². The third-order valence-electron chi connectivity index (χ3n) is 3.04. The van der Waals surface area contributed by atoms with Crippen LogP contribution in [0.1, 0.15) is 15.9 Å². The minimum absolute atomic E-state index is 0.0513. The lowest BCUT2D eigenvalue weighted by Gasteiger charge is -2.09. The summed E-state index contributed by atoms with van der Waals surface area (Å²) in [6.07, 6.45) is 0. The number of hydrazine groups is 1. The van der Waals surface area contributed by atoms with E-state index >= 15 is 0 Å². The van der Waals surface area contributed by atoms with Crippen LogP contribution in [0.5, 0.6) is 0 Å². The van der Waals surface area contributed by atoms with Crippen molar-refractivity contribution in [2.75, 3.05) is 5.32 Å². The van der Waals surface area contributed by atoms with Crippen molar-refractivity contribution in [3.8, 4) is 0 Å². The number of nitrogens with zero attached hydrogens (tertiary/aromatic N) is 1. The molecular weight excluding hydrogens is 336 g/mol. The summed E-state index contributed by atoms with van der Waals surface area (Å²) in [5.41, 5.74) is 5.07. The zero-order chi connectivity index (χ0) is 17.7. The number of nitro groups is 1. The van der Waals surface area contributed by atoms with Gasteiger partial charge in [0.2, 0.25) is 0 Å². The van der Waals surface area contributed by atoms with E-state index in [-0.39, 0.29) is 11.3 Å². The first-order chi connectivity index (χ1) is 11.4. The number of anilines is 1. The van der Waals surface area contributed by atoms with Crippen LogP contribution in [0.2, 0.25) is 5.02 Å². The van der Waals surface area contributed by atoms with Crippen molar-refractivity contribution in [3.05, 3.63) is 68.7 Å². The van der Waals surface area contributed by atoms with E-state index in [0.717, 1.165) is 6.07 Å². The molecule has 3 N–H and O–H groups in total. The van der Waals surface area contributed by atoms with Crippen molar-refractivity contribution in [3.63, 3.8) is 0 Å². The van der Waals surface area contributed by atoms with Gasteiger partial charge in [-0.15, -0.1) is 0 Å². The van der Waals surface area contributed by atoms with E-state index in [1.54, 1.807) is 25.1 Å². The van der Waals surface area contributed by atoms with Gasteiger partial charge in [0.15, 0.2) is 0 Å². The van der Waals surface area contributed by atoms with E-state index < -0.39 is 16.9 Å². The maximum atomic E-state index is 11.9. The van der Waals surface area contributed by atoms with Crippen LogP contribution < -0.4 is 16.2 Å². The van der Waals surface area contributed by atoms with Gasteiger partial charge in [0.25, 0.3) is 11.6 Å². The number of rotatable bonds is 3. The summed E-state index contributed by atoms with van der Waals surface area (Å²) in [6.45, 7) is 1.57. The highest BCUT2D eigenvalue weighted by molar-refractivity contribution is 6.30. The number of halogens is 1. The molecule has 2 rings (SSSR count). The summed E-state index contributed by atoms with van der Waals surface area (Å²) in [5, 5.41) is 13.8. The Morgan fingerprint density at radius 3 is 2.54 bits per heavy atom. The molecule has 0 heterocycles. The quantitative estimate of drug-likeness (QED) is 0.584. The first-order valence-electron chi connectivity index (χ1n) is 6.75. The fourth-order valence-corrected chi connectivity index (χ4v) is 2.05. The number of hydrogen-bond acceptors (Lipinski definition) is 4. The normalized spacial score (nSPS) is 9.92. The van der Waals surface area contributed by atoms with Gasteiger partial charge < -0.3 is 5.32 Å². The standard InChI is InChI=1S/C15H13ClN4O4/c1-9-5-6-10(7-13(9)20(23)24)14(21)18-19-15(22)17-12-4-2-3-11(16)8-12/h2-8H,1H3,(H,18,21)(H2,17,19,22). The smallest absolute Gasteiger partial charge is 0.307 e. The molecule has 0 unspecified atom stereocenters. The summed E-state index contributed by atoms with van der Waals surface area (Å²) in [7, 11) is 0. The van der Waals surface area contributed by atoms with E-state index in [9.17, 15) is 19.7 Å². The molecule has 2 aromatic rings. The Labute approximate surface area is 141 Å². The summed E-state index contributed by atoms with van der Waals surface area (Å²) in [6, 6.07) is 9.79. The van der Waals surface area contributed by atoms with Gasteiger partial charge in [-0.05, 0) is 31.2 Å². The fourth-order valence-electron chi connectivity index (χ4n) is 1.86. The lowest BCUT2D eigenvalue weighted by atomic mass is 10.1. The predicted octanol–water partition coefficient (Wildman–Crippen LogP) is 3.02. The monoisotopic (exact) mass is 348 g/mol. The lowest BCUT2D eigenvalue weighted by molar-refractivity contribution is -0.385. The zero-order valence-electron chi connectivity index (χ0n) is 12.5. The third kappa shape index (κ3) is 4.43. The van der Waals surface area contributed by atoms with Gasteiger partial charge in [-0.3, -0.25) is 20.3 Å². The first-order valence-corrected chi connectivity index (χ1v) is 7.12. The van der Waals surface area contributed by atoms with E-state index in [2.05, 4.69) is 16.2 Å². The molecule has 124 valence electrons. The molecular formula is C15H13ClN4O4. The second-order valence-electron chi connectivity index (χ2n) is 4.80. The SMILES string of the molecule is Cc1ccc(C(=O)NNC(=O)Nc2cccc(Cl)c2)cc1[N+](=O)[O-]. The number of hydrogen-bond donors (Lipinski definition) is 3. The molecule has 24 heavy (non-hydrogen) atoms. The van der Waals surface area contributed by atoms with Gasteiger partial charge in [0, 0.05) is 27.9 Å². The van der Waals surface area contributed by atoms with E-state index in [0.29, 0.717) is 16.3 Å². The van der Waals surface area contributed by atoms with Crippen molar-refractivity contribution in [2.24, 2.45) is 0 Å². The van der Waals surface area contributed by atoms with Gasteiger partial charge in [0.1, 0.15) is 0 Å². The summed E-state index contributed by atoms with van der Waals surface area (Å²) in [5.74, 6) is -0.681. The third-order valence-corrected chi connectivity index (χ3v) is 3.28. The second kappa shape index (κ2) is 7.42. The topological polar surface area (TPSA) is 113 Å². The van der Waals surface area contributed by atoms with Crippen LogP contribution in [0.3, 0.4) is 0 Å². The fraction of sp³-hybridized carbons (Fsp3) is 0.0667. The Bertz CT molecular complexity index is 810. The highest BCUT2D eigenvalue weighted by Gasteiger charge is 2.15. The zero-order valence-corrected chi connectivity index (χ0v) is 13.3. The van der Waals surface area contributed by atoms with E-state index in [1.807, 2.05) is 0 Å². The Balaban J connectivity index is 1.96. The minimum Gasteiger partial charge on any atom is -0.307 e. The number of nitro benzene ring substituents is 1.